The second-order valence-electron chi connectivity index (χ2n) is 30.2. The number of hydrogen-bond acceptors (Lipinski definition) is 4. The fourth-order valence-electron chi connectivity index (χ4n) is 17.7. The highest BCUT2D eigenvalue weighted by Crippen LogP contribution is 2.41. The molecular formula is C110H75N9. The van der Waals surface area contributed by atoms with Crippen molar-refractivity contribution in [2.75, 3.05) is 0 Å². The molecule has 0 aliphatic carbocycles. The third-order valence-electron chi connectivity index (χ3n) is 23.5. The van der Waals surface area contributed by atoms with Crippen LogP contribution in [-0.2, 0) is 28.2 Å². The number of benzene rings is 17. The third-order valence-corrected chi connectivity index (χ3v) is 23.5. The van der Waals surface area contributed by atoms with Crippen molar-refractivity contribution in [1.29, 1.82) is 21.0 Å². The van der Waals surface area contributed by atoms with E-state index < -0.39 is 0 Å². The highest BCUT2D eigenvalue weighted by molar-refractivity contribution is 6.15. The molecule has 9 nitrogen and oxygen atoms in total. The van der Waals surface area contributed by atoms with Crippen LogP contribution in [-0.4, -0.2) is 22.8 Å². The quantitative estimate of drug-likeness (QED) is 0.150. The molecule has 9 heteroatoms. The standard InChI is InChI=1S/C32H21N3.C32H22N2.C26H18N2.C20H14N2/c1-34-29-16-14-23(19-28(29)27-15-13-21(20-33)17-32(27)34)22-7-6-8-24(18-22)35-30-11-4-2-9-25(30)26-10-3-5-12-31(26)35;1-34-31-18-17-27(20-30(31)29-12-6-11-28(21-33)32(29)34)26-10-5-9-25(19-26)24-15-13-23(14-16-24)22-7-3-2-4-8-22;1-28-25-14-13-21(16-24(25)23-12-6-11-22(17-27)26(23)28)20-10-5-9-19(15-20)18-7-3-2-4-8-18;1-22-19-11-10-15(14-6-3-2-4-7-14)12-18(19)17-9-5-8-16(13-21)20(17)22/h2-19H,1H3;2-20H,1H3;2-16H,1H3;2-12H,1H3. The second-order valence-corrected chi connectivity index (χ2v) is 30.2. The lowest BCUT2D eigenvalue weighted by Gasteiger charge is -2.10. The van der Waals surface area contributed by atoms with Gasteiger partial charge >= 0.3 is 0 Å². The van der Waals surface area contributed by atoms with Gasteiger partial charge in [-0.1, -0.05) is 267 Å². The Hall–Kier alpha value is -16.3. The number of nitriles is 4. The van der Waals surface area contributed by atoms with Crippen LogP contribution in [0.4, 0.5) is 0 Å². The predicted octanol–water partition coefficient (Wildman–Crippen LogP) is 27.6. The molecule has 0 amide bonds. The van der Waals surface area contributed by atoms with Gasteiger partial charge in [0, 0.05) is 110 Å². The fraction of sp³-hybridized carbons (Fsp3) is 0.0364. The fourth-order valence-corrected chi connectivity index (χ4v) is 17.7. The Labute approximate surface area is 688 Å². The van der Waals surface area contributed by atoms with Gasteiger partial charge in [-0.05, 0) is 193 Å². The number of nitrogens with zero attached hydrogens (tertiary/aromatic N) is 9. The van der Waals surface area contributed by atoms with Gasteiger partial charge in [0.2, 0.25) is 0 Å². The van der Waals surface area contributed by atoms with Gasteiger partial charge in [0.1, 0.15) is 18.2 Å². The minimum absolute atomic E-state index is 0.683. The summed E-state index contributed by atoms with van der Waals surface area (Å²) in [7, 11) is 8.15. The Kier molecular flexibility index (Phi) is 18.9. The summed E-state index contributed by atoms with van der Waals surface area (Å²) < 4.78 is 10.9. The van der Waals surface area contributed by atoms with E-state index in [0.717, 1.165) is 71.5 Å². The molecule has 17 aromatic carbocycles. The summed E-state index contributed by atoms with van der Waals surface area (Å²) in [6.07, 6.45) is 0. The molecule has 0 bridgehead atoms. The maximum absolute atomic E-state index is 9.58. The van der Waals surface area contributed by atoms with Crippen LogP contribution >= 0.6 is 0 Å². The molecule has 119 heavy (non-hydrogen) atoms. The van der Waals surface area contributed by atoms with Gasteiger partial charge in [-0.25, -0.2) is 0 Å². The zero-order chi connectivity index (χ0) is 80.8. The van der Waals surface area contributed by atoms with Crippen molar-refractivity contribution in [3.8, 4) is 108 Å². The summed E-state index contributed by atoms with van der Waals surface area (Å²) in [4.78, 5) is 0. The van der Waals surface area contributed by atoms with E-state index in [4.69, 9.17) is 0 Å². The van der Waals surface area contributed by atoms with Crippen LogP contribution in [0.5, 0.6) is 0 Å². The first-order chi connectivity index (χ1) is 58.5. The molecule has 0 aliphatic rings. The molecule has 22 rings (SSSR count). The Morgan fingerprint density at radius 3 is 0.857 bits per heavy atom. The molecule has 0 radical (unpaired) electrons. The molecule has 0 saturated heterocycles. The molecule has 0 fully saturated rings. The van der Waals surface area contributed by atoms with E-state index in [1.165, 1.54) is 127 Å². The number of hydrogen-bond donors (Lipinski definition) is 0. The lowest BCUT2D eigenvalue weighted by molar-refractivity contribution is 1.01. The SMILES string of the molecule is Cn1c2ccc(-c3cccc(-c4ccc(-c5ccccc5)cc4)c3)cc2c2cccc(C#N)c21.Cn1c2ccc(-c3cccc(-c4ccccc4)c3)cc2c2cccc(C#N)c21.Cn1c2ccc(-c3cccc(-n4c5ccccc5c5ccccc54)c3)cc2c2ccc(C#N)cc21.Cn1c2ccc(-c3ccccc3)cc2c2cccc(C#N)c21. The van der Waals surface area contributed by atoms with Gasteiger partial charge in [0.15, 0.2) is 0 Å². The van der Waals surface area contributed by atoms with Gasteiger partial charge < -0.3 is 22.8 Å². The summed E-state index contributed by atoms with van der Waals surface area (Å²) in [5.41, 5.74) is 31.8. The maximum Gasteiger partial charge on any atom is 0.101 e. The number of para-hydroxylation sites is 5. The summed E-state index contributed by atoms with van der Waals surface area (Å²) in [6.45, 7) is 0. The maximum atomic E-state index is 9.58. The molecule has 0 N–H and O–H groups in total. The van der Waals surface area contributed by atoms with Crippen molar-refractivity contribution in [3.63, 3.8) is 0 Å². The van der Waals surface area contributed by atoms with E-state index in [1.54, 1.807) is 0 Å². The van der Waals surface area contributed by atoms with Gasteiger partial charge in [0.05, 0.1) is 61.4 Å². The second kappa shape index (κ2) is 30.9. The minimum atomic E-state index is 0.683. The highest BCUT2D eigenvalue weighted by Gasteiger charge is 2.20. The average Bonchev–Trinajstić information content (AvgIpc) is 1.55. The lowest BCUT2D eigenvalue weighted by atomic mass is 9.96. The van der Waals surface area contributed by atoms with E-state index in [1.807, 2.05) is 87.9 Å². The molecule has 0 atom stereocenters. The van der Waals surface area contributed by atoms with Crippen LogP contribution in [0.2, 0.25) is 0 Å². The van der Waals surface area contributed by atoms with E-state index >= 15 is 0 Å². The van der Waals surface area contributed by atoms with Crippen LogP contribution in [0, 0.1) is 45.3 Å². The number of fused-ring (bicyclic) bond motifs is 15. The average molecular weight is 1520 g/mol. The van der Waals surface area contributed by atoms with Crippen molar-refractivity contribution >= 4 is 109 Å². The van der Waals surface area contributed by atoms with Crippen molar-refractivity contribution in [2.45, 2.75) is 0 Å². The molecule has 0 spiro atoms. The summed E-state index contributed by atoms with van der Waals surface area (Å²) in [5, 5.41) is 49.6. The van der Waals surface area contributed by atoms with E-state index in [2.05, 4.69) is 370 Å². The van der Waals surface area contributed by atoms with Crippen LogP contribution < -0.4 is 0 Å². The van der Waals surface area contributed by atoms with Crippen molar-refractivity contribution in [2.24, 2.45) is 28.2 Å². The van der Waals surface area contributed by atoms with Crippen LogP contribution in [0.15, 0.2) is 382 Å². The zero-order valence-electron chi connectivity index (χ0n) is 65.9. The molecule has 560 valence electrons. The predicted molar refractivity (Wildman–Crippen MR) is 493 cm³/mol. The summed E-state index contributed by atoms with van der Waals surface area (Å²) in [6, 6.07) is 143. The van der Waals surface area contributed by atoms with Crippen LogP contribution in [0.3, 0.4) is 0 Å². The van der Waals surface area contributed by atoms with Gasteiger partial charge in [0.25, 0.3) is 0 Å². The van der Waals surface area contributed by atoms with Crippen LogP contribution in [0.1, 0.15) is 22.3 Å². The van der Waals surface area contributed by atoms with Crippen LogP contribution in [0.25, 0.3) is 193 Å². The summed E-state index contributed by atoms with van der Waals surface area (Å²) >= 11 is 0. The molecule has 0 aliphatic heterocycles. The number of rotatable bonds is 8. The molecule has 5 aromatic heterocycles. The van der Waals surface area contributed by atoms with Gasteiger partial charge in [-0.2, -0.15) is 21.0 Å². The normalized spacial score (nSPS) is 11.2. The molecule has 0 unspecified atom stereocenters. The third kappa shape index (κ3) is 13.2. The van der Waals surface area contributed by atoms with Crippen molar-refractivity contribution < 1.29 is 0 Å². The van der Waals surface area contributed by atoms with Gasteiger partial charge in [-0.15, -0.1) is 0 Å². The highest BCUT2D eigenvalue weighted by atomic mass is 15.0. The van der Waals surface area contributed by atoms with E-state index in [-0.39, 0.29) is 0 Å². The largest absolute Gasteiger partial charge is 0.344 e. The Balaban J connectivity index is 0.000000107. The summed E-state index contributed by atoms with van der Waals surface area (Å²) in [5.74, 6) is 0. The minimum Gasteiger partial charge on any atom is -0.344 e. The Bertz CT molecular complexity index is 7880. The smallest absolute Gasteiger partial charge is 0.101 e. The zero-order valence-corrected chi connectivity index (χ0v) is 65.9. The Morgan fingerprint density at radius 1 is 0.176 bits per heavy atom. The van der Waals surface area contributed by atoms with E-state index in [0.29, 0.717) is 16.7 Å². The first-order valence-electron chi connectivity index (χ1n) is 39.7. The number of aryl methyl sites for hydroxylation is 4. The number of aromatic nitrogens is 5. The first-order valence-corrected chi connectivity index (χ1v) is 39.7. The molecule has 22 aromatic rings. The molecule has 5 heterocycles. The van der Waals surface area contributed by atoms with E-state index in [9.17, 15) is 21.0 Å². The van der Waals surface area contributed by atoms with Gasteiger partial charge in [-0.3, -0.25) is 0 Å². The molecular weight excluding hydrogens is 1450 g/mol. The topological polar surface area (TPSA) is 120 Å². The first kappa shape index (κ1) is 72.9. The molecule has 0 saturated carbocycles. The van der Waals surface area contributed by atoms with Crippen molar-refractivity contribution in [3.05, 3.63) is 404 Å². The lowest BCUT2D eigenvalue weighted by Crippen LogP contribution is -1.94. The van der Waals surface area contributed by atoms with Crippen molar-refractivity contribution in [1.82, 2.24) is 22.8 Å². The monoisotopic (exact) mass is 1520 g/mol. The Morgan fingerprint density at radius 2 is 0.454 bits per heavy atom.